The third-order valence-electron chi connectivity index (χ3n) is 11.9. The van der Waals surface area contributed by atoms with E-state index in [1.165, 1.54) is 50.9 Å². The molecule has 4 fully saturated rings. The third-order valence-corrected chi connectivity index (χ3v) is 12.7. The Kier molecular flexibility index (Phi) is 10.2. The van der Waals surface area contributed by atoms with Gasteiger partial charge in [0.25, 0.3) is 11.6 Å². The number of aromatic amines is 1. The molecule has 4 heterocycles. The number of aliphatic hydroxyl groups excluding tert-OH is 1. The second kappa shape index (κ2) is 15.2. The number of benzene rings is 2. The van der Waals surface area contributed by atoms with Crippen molar-refractivity contribution in [2.45, 2.75) is 81.2 Å². The van der Waals surface area contributed by atoms with Crippen LogP contribution in [0.25, 0.3) is 11.0 Å². The Morgan fingerprint density at radius 3 is 2.60 bits per heavy atom. The highest BCUT2D eigenvalue weighted by molar-refractivity contribution is 7.98. The van der Waals surface area contributed by atoms with Gasteiger partial charge < -0.3 is 29.9 Å². The highest BCUT2D eigenvalue weighted by Crippen LogP contribution is 2.52. The minimum Gasteiger partial charge on any atom is -0.455 e. The largest absolute Gasteiger partial charge is 0.455 e. The molecule has 0 radical (unpaired) electrons. The first-order valence-electron chi connectivity index (χ1n) is 18.8. The summed E-state index contributed by atoms with van der Waals surface area (Å²) in [5.41, 5.74) is 1.71. The first kappa shape index (κ1) is 35.6. The zero-order valence-electron chi connectivity index (χ0n) is 29.7. The van der Waals surface area contributed by atoms with E-state index in [-0.39, 0.29) is 23.1 Å². The number of piperidine rings is 1. The molecule has 14 heteroatoms. The van der Waals surface area contributed by atoms with Crippen LogP contribution in [0.1, 0.15) is 74.6 Å². The van der Waals surface area contributed by atoms with E-state index >= 15 is 4.39 Å². The maximum atomic E-state index is 16.0. The van der Waals surface area contributed by atoms with Gasteiger partial charge in [0, 0.05) is 54.3 Å². The number of nitrogens with one attached hydrogen (secondary N) is 3. The van der Waals surface area contributed by atoms with E-state index in [1.807, 2.05) is 12.1 Å². The molecule has 1 amide bonds. The summed E-state index contributed by atoms with van der Waals surface area (Å²) in [5.74, 6) is -0.188. The van der Waals surface area contributed by atoms with Crippen LogP contribution in [0.15, 0.2) is 59.8 Å². The molecule has 2 aliphatic carbocycles. The zero-order valence-corrected chi connectivity index (χ0v) is 30.5. The standard InChI is InChI=1S/C39H46FN7O5S/c40-32-19-31(38(49)44-53-30-7-8-33(35(18-30)47(50)51)42-23-25-3-5-28(48)6-4-25)36(52-29-17-26-9-12-41-37(26)43-24-29)20-34(32)46-15-10-39(11-16-46)21-27(22-39)45-13-1-2-14-45/h7-9,12,17-20,24-25,27-28,42,48H,1-6,10-11,13-16,21-23H2,(H,41,43)(H,44,49). The van der Waals surface area contributed by atoms with Gasteiger partial charge in [-0.3, -0.25) is 19.6 Å². The summed E-state index contributed by atoms with van der Waals surface area (Å²) < 4.78 is 25.0. The van der Waals surface area contributed by atoms with Crippen LogP contribution in [0.5, 0.6) is 11.5 Å². The number of halogens is 1. The highest BCUT2D eigenvalue weighted by Gasteiger charge is 2.48. The van der Waals surface area contributed by atoms with Gasteiger partial charge in [-0.1, -0.05) is 0 Å². The van der Waals surface area contributed by atoms with Crippen LogP contribution in [0.3, 0.4) is 0 Å². The van der Waals surface area contributed by atoms with Crippen molar-refractivity contribution in [3.63, 3.8) is 0 Å². The Balaban J connectivity index is 0.975. The molecule has 1 spiro atoms. The van der Waals surface area contributed by atoms with Gasteiger partial charge in [-0.25, -0.2) is 9.37 Å². The van der Waals surface area contributed by atoms with E-state index in [1.54, 1.807) is 30.6 Å². The molecular formula is C39H46FN7O5S. The van der Waals surface area contributed by atoms with E-state index < -0.39 is 16.6 Å². The number of aliphatic hydroxyl groups is 1. The fourth-order valence-corrected chi connectivity index (χ4v) is 9.35. The summed E-state index contributed by atoms with van der Waals surface area (Å²) in [7, 11) is 0. The molecule has 0 bridgehead atoms. The molecule has 12 nitrogen and oxygen atoms in total. The lowest BCUT2D eigenvalue weighted by atomic mass is 9.60. The quantitative estimate of drug-likeness (QED) is 0.0686. The van der Waals surface area contributed by atoms with Gasteiger partial charge in [-0.05, 0) is 131 Å². The molecule has 2 saturated carbocycles. The second-order valence-electron chi connectivity index (χ2n) is 15.3. The lowest BCUT2D eigenvalue weighted by Gasteiger charge is -2.55. The molecule has 53 heavy (non-hydrogen) atoms. The third kappa shape index (κ3) is 7.81. The Morgan fingerprint density at radius 2 is 1.85 bits per heavy atom. The molecule has 2 aromatic heterocycles. The Morgan fingerprint density at radius 1 is 1.08 bits per heavy atom. The molecule has 0 atom stereocenters. The number of nitro groups is 1. The number of anilines is 2. The average molecular weight is 744 g/mol. The van der Waals surface area contributed by atoms with Crippen LogP contribution in [0, 0.1) is 27.3 Å². The van der Waals surface area contributed by atoms with Crippen molar-refractivity contribution < 1.29 is 24.0 Å². The maximum Gasteiger partial charge on any atom is 0.293 e. The van der Waals surface area contributed by atoms with Crippen LogP contribution in [0.4, 0.5) is 21.5 Å². The van der Waals surface area contributed by atoms with Crippen molar-refractivity contribution in [2.75, 3.05) is 42.9 Å². The van der Waals surface area contributed by atoms with E-state index in [4.69, 9.17) is 4.74 Å². The van der Waals surface area contributed by atoms with E-state index in [0.717, 1.165) is 68.9 Å². The Bertz CT molecular complexity index is 1960. The number of H-pyrrole nitrogens is 1. The number of rotatable bonds is 11. The molecule has 2 aliphatic heterocycles. The maximum absolute atomic E-state index is 16.0. The molecule has 2 saturated heterocycles. The van der Waals surface area contributed by atoms with Crippen molar-refractivity contribution in [3.05, 3.63) is 76.4 Å². The second-order valence-corrected chi connectivity index (χ2v) is 16.2. The number of nitrogens with zero attached hydrogens (tertiary/aromatic N) is 4. The number of aromatic nitrogens is 2. The number of ether oxygens (including phenoxy) is 1. The topological polar surface area (TPSA) is 149 Å². The van der Waals surface area contributed by atoms with E-state index in [0.29, 0.717) is 51.6 Å². The van der Waals surface area contributed by atoms with Crippen molar-refractivity contribution >= 4 is 46.0 Å². The number of hydrogen-bond acceptors (Lipinski definition) is 10. The summed E-state index contributed by atoms with van der Waals surface area (Å²) in [6.07, 6.45) is 13.3. The van der Waals surface area contributed by atoms with Crippen LogP contribution < -0.4 is 19.7 Å². The first-order chi connectivity index (χ1) is 25.7. The summed E-state index contributed by atoms with van der Waals surface area (Å²) >= 11 is 0.916. The monoisotopic (exact) mass is 743 g/mol. The van der Waals surface area contributed by atoms with Crippen LogP contribution in [0.2, 0.25) is 0 Å². The van der Waals surface area contributed by atoms with E-state index in [9.17, 15) is 20.0 Å². The molecule has 4 aliphatic rings. The van der Waals surface area contributed by atoms with Gasteiger partial charge >= 0.3 is 0 Å². The summed E-state index contributed by atoms with van der Waals surface area (Å²) in [5, 5.41) is 25.8. The number of nitro benzene ring substituents is 1. The molecule has 0 unspecified atom stereocenters. The van der Waals surface area contributed by atoms with Crippen molar-refractivity contribution in [1.82, 2.24) is 19.6 Å². The number of hydrogen-bond donors (Lipinski definition) is 4. The minimum absolute atomic E-state index is 0.000713. The molecule has 4 aromatic rings. The van der Waals surface area contributed by atoms with Gasteiger partial charge in [0.2, 0.25) is 0 Å². The van der Waals surface area contributed by atoms with Crippen LogP contribution in [-0.4, -0.2) is 75.7 Å². The van der Waals surface area contributed by atoms with Gasteiger partial charge in [0.1, 0.15) is 28.7 Å². The Labute approximate surface area is 312 Å². The number of pyridine rings is 1. The fraction of sp³-hybridized carbons (Fsp3) is 0.487. The first-order valence-corrected chi connectivity index (χ1v) is 19.6. The lowest BCUT2D eigenvalue weighted by Crippen LogP contribution is -2.54. The van der Waals surface area contributed by atoms with E-state index in [2.05, 4.69) is 29.8 Å². The average Bonchev–Trinajstić information content (AvgIpc) is 3.86. The van der Waals surface area contributed by atoms with Crippen LogP contribution >= 0.6 is 11.9 Å². The summed E-state index contributed by atoms with van der Waals surface area (Å²) in [4.78, 5) is 37.9. The van der Waals surface area contributed by atoms with Gasteiger partial charge in [0.15, 0.2) is 0 Å². The van der Waals surface area contributed by atoms with Gasteiger partial charge in [0.05, 0.1) is 28.5 Å². The van der Waals surface area contributed by atoms with Crippen molar-refractivity contribution in [1.29, 1.82) is 0 Å². The van der Waals surface area contributed by atoms with Crippen molar-refractivity contribution in [3.8, 4) is 11.5 Å². The number of carbonyl (C=O) groups is 1. The number of fused-ring (bicyclic) bond motifs is 1. The molecular weight excluding hydrogens is 698 g/mol. The van der Waals surface area contributed by atoms with Gasteiger partial charge in [-0.2, -0.15) is 0 Å². The fourth-order valence-electron chi connectivity index (χ4n) is 8.72. The number of amides is 1. The zero-order chi connectivity index (χ0) is 36.5. The number of likely N-dealkylation sites (tertiary alicyclic amines) is 1. The summed E-state index contributed by atoms with van der Waals surface area (Å²) in [6.45, 7) is 4.46. The lowest BCUT2D eigenvalue weighted by molar-refractivity contribution is -0.384. The van der Waals surface area contributed by atoms with Crippen LogP contribution in [-0.2, 0) is 0 Å². The molecule has 4 N–H and O–H groups in total. The minimum atomic E-state index is -0.601. The predicted octanol–water partition coefficient (Wildman–Crippen LogP) is 7.65. The predicted molar refractivity (Wildman–Crippen MR) is 203 cm³/mol. The van der Waals surface area contributed by atoms with Gasteiger partial charge in [-0.15, -0.1) is 0 Å². The van der Waals surface area contributed by atoms with Crippen molar-refractivity contribution in [2.24, 2.45) is 11.3 Å². The Hall–Kier alpha value is -4.40. The molecule has 2 aromatic carbocycles. The highest BCUT2D eigenvalue weighted by atomic mass is 32.2. The summed E-state index contributed by atoms with van der Waals surface area (Å²) in [6, 6.07) is 11.9. The molecule has 8 rings (SSSR count). The number of carbonyl (C=O) groups excluding carboxylic acids is 1. The smallest absolute Gasteiger partial charge is 0.293 e. The normalized spacial score (nSPS) is 21.8. The molecule has 280 valence electrons. The SMILES string of the molecule is O=C(NSc1ccc(NCC2CCC(O)CC2)c([N+](=O)[O-])c1)c1cc(F)c(N2CCC3(CC2)CC(N2CCCC2)C3)cc1Oc1cnc2[nH]ccc2c1.